The molecule has 3 amide bonds. The van der Waals surface area contributed by atoms with Crippen LogP contribution in [0.1, 0.15) is 67.8 Å². The highest BCUT2D eigenvalue weighted by atomic mass is 79.9. The molecular formula is C38H46BrN9O6. The van der Waals surface area contributed by atoms with Gasteiger partial charge in [0.2, 0.25) is 17.7 Å². The van der Waals surface area contributed by atoms with Crippen molar-refractivity contribution in [1.82, 2.24) is 34.9 Å². The van der Waals surface area contributed by atoms with E-state index < -0.39 is 6.04 Å². The highest BCUT2D eigenvalue weighted by Gasteiger charge is 2.67. The predicted molar refractivity (Wildman–Crippen MR) is 204 cm³/mol. The molecule has 4 aromatic rings. The lowest BCUT2D eigenvalue weighted by Crippen LogP contribution is -2.51. The molecule has 3 aromatic heterocycles. The Labute approximate surface area is 321 Å². The van der Waals surface area contributed by atoms with Gasteiger partial charge in [-0.1, -0.05) is 31.9 Å². The third-order valence-electron chi connectivity index (χ3n) is 10.1. The highest BCUT2D eigenvalue weighted by molar-refractivity contribution is 9.10. The number of ether oxygens (including phenoxy) is 2. The largest absolute Gasteiger partial charge is 0.378 e. The number of carbonyl (C=O) groups is 4. The summed E-state index contributed by atoms with van der Waals surface area (Å²) in [4.78, 5) is 68.2. The molecule has 2 fully saturated rings. The zero-order chi connectivity index (χ0) is 38.4. The summed E-state index contributed by atoms with van der Waals surface area (Å²) in [6, 6.07) is 8.57. The molecule has 16 heteroatoms. The number of ketones is 1. The third-order valence-corrected chi connectivity index (χ3v) is 10.5. The minimum absolute atomic E-state index is 0.111. The number of piperidine rings is 1. The number of nitrogens with two attached hydrogens (primary N) is 1. The van der Waals surface area contributed by atoms with Crippen LogP contribution in [0.4, 0.5) is 5.82 Å². The quantitative estimate of drug-likeness (QED) is 0.0749. The second-order valence-corrected chi connectivity index (χ2v) is 14.6. The number of benzene rings is 1. The van der Waals surface area contributed by atoms with Crippen LogP contribution >= 0.6 is 15.9 Å². The summed E-state index contributed by atoms with van der Waals surface area (Å²) < 4.78 is 12.7. The normalized spacial score (nSPS) is 18.8. The summed E-state index contributed by atoms with van der Waals surface area (Å²) in [5, 5.41) is 10.9. The van der Waals surface area contributed by atoms with Crippen LogP contribution in [0.5, 0.6) is 0 Å². The van der Waals surface area contributed by atoms with Crippen molar-refractivity contribution in [1.29, 1.82) is 0 Å². The monoisotopic (exact) mass is 803 g/mol. The van der Waals surface area contributed by atoms with Crippen LogP contribution in [0.25, 0.3) is 22.0 Å². The molecule has 1 aliphatic carbocycles. The first-order valence-corrected chi connectivity index (χ1v) is 19.0. The van der Waals surface area contributed by atoms with E-state index >= 15 is 0 Å². The summed E-state index contributed by atoms with van der Waals surface area (Å²) in [6.07, 6.45) is 7.50. The van der Waals surface area contributed by atoms with Crippen LogP contribution in [0, 0.1) is 12.8 Å². The zero-order valence-electron chi connectivity index (χ0n) is 30.8. The molecule has 4 N–H and O–H groups in total. The van der Waals surface area contributed by atoms with Crippen molar-refractivity contribution in [2.24, 2.45) is 11.7 Å². The van der Waals surface area contributed by atoms with Gasteiger partial charge in [-0.15, -0.1) is 0 Å². The van der Waals surface area contributed by atoms with Crippen LogP contribution in [-0.2, 0) is 36.9 Å². The number of nitrogens with one attached hydrogen (secondary N) is 2. The van der Waals surface area contributed by atoms with Crippen LogP contribution in [0.3, 0.4) is 0 Å². The van der Waals surface area contributed by atoms with E-state index in [9.17, 15) is 19.2 Å². The molecule has 286 valence electrons. The van der Waals surface area contributed by atoms with E-state index in [1.54, 1.807) is 22.0 Å². The van der Waals surface area contributed by atoms with Gasteiger partial charge in [0.15, 0.2) is 5.78 Å². The van der Waals surface area contributed by atoms with Gasteiger partial charge in [-0.05, 0) is 77.4 Å². The van der Waals surface area contributed by atoms with Crippen molar-refractivity contribution < 1.29 is 28.7 Å². The lowest BCUT2D eigenvalue weighted by Gasteiger charge is -2.34. The van der Waals surface area contributed by atoms with Crippen molar-refractivity contribution in [2.75, 3.05) is 38.3 Å². The second-order valence-electron chi connectivity index (χ2n) is 13.8. The Balaban J connectivity index is 1.16. The van der Waals surface area contributed by atoms with Gasteiger partial charge in [0.25, 0.3) is 0 Å². The molecular weight excluding hydrogens is 758 g/mol. The van der Waals surface area contributed by atoms with Crippen LogP contribution < -0.4 is 16.4 Å². The molecule has 0 bridgehead atoms. The Kier molecular flexibility index (Phi) is 12.5. The lowest BCUT2D eigenvalue weighted by molar-refractivity contribution is -0.141. The standard InChI is InChI=1S/C38H46BrN9O6/c1-4-5-10-38-17-27(38)16-30(37(52)45-36-23(2)6-9-31(39)44-36)48(38)34(51)21-47-29-8-7-25(15-28(29)35(46-47)24(3)49)26-18-41-32(42-19-26)20-43-33(50)22-54-14-13-53-12-11-40/h6-9,15,18-19,27,30H,4-5,10-14,16-17,20-22,40H2,1-3H3,(H,43,50)(H,44,45,52)/t27-,30-,38+/m0/s1. The summed E-state index contributed by atoms with van der Waals surface area (Å²) in [5.74, 6) is 0.109. The first-order chi connectivity index (χ1) is 26.0. The number of likely N-dealkylation sites (tertiary alicyclic amines) is 1. The van der Waals surface area contributed by atoms with Crippen LogP contribution in [-0.4, -0.2) is 97.7 Å². The Bertz CT molecular complexity index is 2020. The van der Waals surface area contributed by atoms with E-state index in [1.807, 2.05) is 37.3 Å². The number of hydrogen-bond donors (Lipinski definition) is 3. The fourth-order valence-electron chi connectivity index (χ4n) is 7.27. The summed E-state index contributed by atoms with van der Waals surface area (Å²) in [6.45, 7) is 6.84. The van der Waals surface area contributed by atoms with E-state index in [1.165, 1.54) is 6.92 Å². The van der Waals surface area contributed by atoms with Gasteiger partial charge in [-0.2, -0.15) is 5.10 Å². The maximum absolute atomic E-state index is 14.4. The third kappa shape index (κ3) is 8.67. The van der Waals surface area contributed by atoms with Gasteiger partial charge in [0.05, 0.1) is 31.9 Å². The minimum Gasteiger partial charge on any atom is -0.378 e. The fraction of sp³-hybridized carbons (Fsp3) is 0.474. The number of rotatable bonds is 18. The number of anilines is 1. The lowest BCUT2D eigenvalue weighted by atomic mass is 10.0. The Morgan fingerprint density at radius 2 is 1.83 bits per heavy atom. The van der Waals surface area contributed by atoms with E-state index in [0.29, 0.717) is 58.9 Å². The predicted octanol–water partition coefficient (Wildman–Crippen LogP) is 3.96. The maximum Gasteiger partial charge on any atom is 0.248 e. The van der Waals surface area contributed by atoms with Crippen molar-refractivity contribution in [2.45, 2.75) is 77.5 Å². The molecule has 4 heterocycles. The van der Waals surface area contributed by atoms with Crippen molar-refractivity contribution in [3.8, 4) is 11.1 Å². The summed E-state index contributed by atoms with van der Waals surface area (Å²) in [5.41, 5.74) is 8.14. The number of aromatic nitrogens is 5. The number of carbonyl (C=O) groups excluding carboxylic acids is 4. The number of pyridine rings is 1. The van der Waals surface area contributed by atoms with Gasteiger partial charge in [0, 0.05) is 42.4 Å². The van der Waals surface area contributed by atoms with Crippen molar-refractivity contribution >= 4 is 56.2 Å². The van der Waals surface area contributed by atoms with Gasteiger partial charge < -0.3 is 30.7 Å². The Morgan fingerprint density at radius 3 is 2.57 bits per heavy atom. The first kappa shape index (κ1) is 39.1. The molecule has 2 aliphatic rings. The molecule has 1 aliphatic heterocycles. The second kappa shape index (κ2) is 17.2. The number of fused-ring (bicyclic) bond motifs is 2. The maximum atomic E-state index is 14.4. The number of Topliss-reactive ketones (excluding diaryl/α,β-unsaturated/α-hetero) is 1. The molecule has 0 spiro atoms. The minimum atomic E-state index is -0.648. The van der Waals surface area contributed by atoms with Gasteiger partial charge in [-0.3, -0.25) is 23.9 Å². The average molecular weight is 805 g/mol. The van der Waals surface area contributed by atoms with Crippen LogP contribution in [0.15, 0.2) is 47.3 Å². The van der Waals surface area contributed by atoms with E-state index in [4.69, 9.17) is 15.2 Å². The van der Waals surface area contributed by atoms with Gasteiger partial charge in [-0.25, -0.2) is 15.0 Å². The van der Waals surface area contributed by atoms with Gasteiger partial charge in [0.1, 0.15) is 41.1 Å². The number of amides is 3. The molecule has 0 radical (unpaired) electrons. The SMILES string of the molecule is CCCC[C@@]12C[C@@H]1C[C@@H](C(=O)Nc1nc(Br)ccc1C)N2C(=O)Cn1nc(C(C)=O)c2cc(-c3cnc(CNC(=O)COCCOCCN)nc3)ccc21. The Hall–Kier alpha value is -4.64. The number of nitrogens with zero attached hydrogens (tertiary/aromatic N) is 6. The highest BCUT2D eigenvalue weighted by Crippen LogP contribution is 2.61. The molecule has 54 heavy (non-hydrogen) atoms. The first-order valence-electron chi connectivity index (χ1n) is 18.3. The molecule has 1 saturated carbocycles. The molecule has 0 unspecified atom stereocenters. The van der Waals surface area contributed by atoms with Crippen LogP contribution in [0.2, 0.25) is 0 Å². The van der Waals surface area contributed by atoms with E-state index in [-0.39, 0.29) is 67.0 Å². The zero-order valence-corrected chi connectivity index (χ0v) is 32.4. The van der Waals surface area contributed by atoms with E-state index in [0.717, 1.165) is 36.8 Å². The number of aryl methyl sites for hydroxylation is 1. The summed E-state index contributed by atoms with van der Waals surface area (Å²) >= 11 is 3.38. The molecule has 1 aromatic carbocycles. The molecule has 1 saturated heterocycles. The fourth-order valence-corrected chi connectivity index (χ4v) is 7.58. The topological polar surface area (TPSA) is 197 Å². The molecule has 6 rings (SSSR count). The summed E-state index contributed by atoms with van der Waals surface area (Å²) in [7, 11) is 0. The number of unbranched alkanes of at least 4 members (excludes halogenated alkanes) is 1. The average Bonchev–Trinajstić information content (AvgIpc) is 3.57. The van der Waals surface area contributed by atoms with E-state index in [2.05, 4.69) is 53.5 Å². The smallest absolute Gasteiger partial charge is 0.248 e. The Morgan fingerprint density at radius 1 is 1.06 bits per heavy atom. The molecule has 15 nitrogen and oxygen atoms in total. The van der Waals surface area contributed by atoms with Crippen molar-refractivity contribution in [3.63, 3.8) is 0 Å². The molecule has 3 atom stereocenters. The number of halogens is 1. The van der Waals surface area contributed by atoms with Crippen molar-refractivity contribution in [3.05, 3.63) is 64.4 Å². The van der Waals surface area contributed by atoms with Gasteiger partial charge >= 0.3 is 0 Å². The number of hydrogen-bond acceptors (Lipinski definition) is 11.